The van der Waals surface area contributed by atoms with Crippen LogP contribution in [-0.2, 0) is 6.54 Å². The van der Waals surface area contributed by atoms with Crippen molar-refractivity contribution in [3.8, 4) is 0 Å². The Kier molecular flexibility index (Phi) is 2.36. The Balaban J connectivity index is 2.18. The van der Waals surface area contributed by atoms with Gasteiger partial charge < -0.3 is 0 Å². The van der Waals surface area contributed by atoms with E-state index in [-0.39, 0.29) is 5.83 Å². The Morgan fingerprint density at radius 3 is 3.12 bits per heavy atom. The summed E-state index contributed by atoms with van der Waals surface area (Å²) in [7, 11) is 0. The summed E-state index contributed by atoms with van der Waals surface area (Å²) >= 11 is 1.54. The number of halogens is 1. The second-order valence-corrected chi connectivity index (χ2v) is 5.47. The zero-order valence-corrected chi connectivity index (χ0v) is 10.2. The SMILES string of the molecule is Cc1cc2c(s1)[N+](O)=C1CCC(F)=CC1=NC2. The quantitative estimate of drug-likeness (QED) is 0.558. The fraction of sp³-hybridized carbons (Fsp3) is 0.333. The van der Waals surface area contributed by atoms with Crippen molar-refractivity contribution in [3.05, 3.63) is 28.4 Å². The molecule has 88 valence electrons. The van der Waals surface area contributed by atoms with Crippen molar-refractivity contribution in [2.75, 3.05) is 0 Å². The first kappa shape index (κ1) is 10.7. The molecule has 0 saturated heterocycles. The minimum Gasteiger partial charge on any atom is -0.283 e. The van der Waals surface area contributed by atoms with Crippen molar-refractivity contribution in [1.82, 2.24) is 0 Å². The Hall–Kier alpha value is -1.49. The molecular weight excluding hydrogens is 239 g/mol. The molecule has 1 N–H and O–H groups in total. The number of aliphatic imine (C=N–C) groups is 1. The van der Waals surface area contributed by atoms with E-state index < -0.39 is 0 Å². The summed E-state index contributed by atoms with van der Waals surface area (Å²) < 4.78 is 14.4. The van der Waals surface area contributed by atoms with Crippen molar-refractivity contribution in [1.29, 1.82) is 0 Å². The van der Waals surface area contributed by atoms with E-state index in [1.165, 1.54) is 22.2 Å². The summed E-state index contributed by atoms with van der Waals surface area (Å²) in [4.78, 5) is 5.51. The van der Waals surface area contributed by atoms with Gasteiger partial charge in [-0.15, -0.1) is 0 Å². The van der Waals surface area contributed by atoms with Crippen molar-refractivity contribution < 1.29 is 14.3 Å². The summed E-state index contributed by atoms with van der Waals surface area (Å²) in [5, 5.41) is 11.0. The third-order valence-electron chi connectivity index (χ3n) is 2.97. The average molecular weight is 251 g/mol. The molecule has 0 radical (unpaired) electrons. The van der Waals surface area contributed by atoms with Gasteiger partial charge in [0, 0.05) is 28.5 Å². The molecule has 0 aromatic carbocycles. The molecule has 1 aromatic heterocycles. The highest BCUT2D eigenvalue weighted by atomic mass is 32.1. The molecule has 1 aliphatic carbocycles. The minimum absolute atomic E-state index is 0.165. The first-order chi connectivity index (χ1) is 8.15. The largest absolute Gasteiger partial charge is 0.317 e. The van der Waals surface area contributed by atoms with E-state index in [1.54, 1.807) is 0 Å². The molecule has 0 spiro atoms. The maximum Gasteiger partial charge on any atom is 0.317 e. The second-order valence-electron chi connectivity index (χ2n) is 4.24. The number of nitrogens with zero attached hydrogens (tertiary/aromatic N) is 2. The Morgan fingerprint density at radius 2 is 2.29 bits per heavy atom. The number of allylic oxidation sites excluding steroid dienone is 2. The van der Waals surface area contributed by atoms with E-state index in [0.717, 1.165) is 15.4 Å². The molecule has 0 unspecified atom stereocenters. The molecule has 1 aliphatic heterocycles. The predicted octanol–water partition coefficient (Wildman–Crippen LogP) is 3.13. The van der Waals surface area contributed by atoms with Gasteiger partial charge in [-0.25, -0.2) is 4.39 Å². The zero-order valence-electron chi connectivity index (χ0n) is 9.40. The first-order valence-electron chi connectivity index (χ1n) is 5.50. The number of fused-ring (bicyclic) bond motifs is 2. The van der Waals surface area contributed by atoms with Gasteiger partial charge in [0.05, 0.1) is 12.1 Å². The van der Waals surface area contributed by atoms with Gasteiger partial charge in [0.25, 0.3) is 5.71 Å². The molecule has 1 aromatic rings. The van der Waals surface area contributed by atoms with Crippen molar-refractivity contribution in [2.24, 2.45) is 4.99 Å². The van der Waals surface area contributed by atoms with Crippen LogP contribution in [0, 0.1) is 6.92 Å². The Labute approximate surface area is 102 Å². The number of aryl methyl sites for hydroxylation is 1. The first-order valence-corrected chi connectivity index (χ1v) is 6.32. The highest BCUT2D eigenvalue weighted by molar-refractivity contribution is 7.15. The summed E-state index contributed by atoms with van der Waals surface area (Å²) in [6.45, 7) is 2.50. The molecule has 2 aliphatic rings. The molecule has 17 heavy (non-hydrogen) atoms. The third kappa shape index (κ3) is 1.70. The second kappa shape index (κ2) is 3.77. The minimum atomic E-state index is -0.165. The summed E-state index contributed by atoms with van der Waals surface area (Å²) in [6, 6.07) is 2.02. The number of hydrogen-bond acceptors (Lipinski definition) is 3. The monoisotopic (exact) mass is 251 g/mol. The van der Waals surface area contributed by atoms with Crippen molar-refractivity contribution in [2.45, 2.75) is 26.3 Å². The molecular formula is C12H12FN2OS+. The number of hydrogen-bond donors (Lipinski definition) is 1. The van der Waals surface area contributed by atoms with Gasteiger partial charge in [-0.2, -0.15) is 0 Å². The lowest BCUT2D eigenvalue weighted by molar-refractivity contribution is -0.710. The van der Waals surface area contributed by atoms with Gasteiger partial charge in [-0.1, -0.05) is 11.3 Å². The normalized spacial score (nSPS) is 19.2. The summed E-state index contributed by atoms with van der Waals surface area (Å²) in [5.41, 5.74) is 2.27. The molecule has 5 heteroatoms. The van der Waals surface area contributed by atoms with E-state index in [0.29, 0.717) is 30.8 Å². The lowest BCUT2D eigenvalue weighted by Gasteiger charge is -2.06. The van der Waals surface area contributed by atoms with Crippen LogP contribution < -0.4 is 0 Å². The smallest absolute Gasteiger partial charge is 0.283 e. The fourth-order valence-corrected chi connectivity index (χ4v) is 3.12. The highest BCUT2D eigenvalue weighted by Crippen LogP contribution is 2.33. The lowest BCUT2D eigenvalue weighted by atomic mass is 10.0. The van der Waals surface area contributed by atoms with E-state index in [1.807, 2.05) is 13.0 Å². The molecule has 0 amide bonds. The Morgan fingerprint density at radius 1 is 1.47 bits per heavy atom. The van der Waals surface area contributed by atoms with E-state index in [4.69, 9.17) is 0 Å². The van der Waals surface area contributed by atoms with Gasteiger partial charge in [-0.3, -0.25) is 10.2 Å². The molecule has 3 rings (SSSR count). The third-order valence-corrected chi connectivity index (χ3v) is 4.04. The summed E-state index contributed by atoms with van der Waals surface area (Å²) in [5.74, 6) is -0.165. The zero-order chi connectivity index (χ0) is 12.0. The van der Waals surface area contributed by atoms with Crippen LogP contribution in [0.4, 0.5) is 9.39 Å². The van der Waals surface area contributed by atoms with Gasteiger partial charge >= 0.3 is 5.00 Å². The lowest BCUT2D eigenvalue weighted by Crippen LogP contribution is -2.24. The molecule has 0 saturated carbocycles. The van der Waals surface area contributed by atoms with Crippen molar-refractivity contribution in [3.63, 3.8) is 0 Å². The van der Waals surface area contributed by atoms with Crippen LogP contribution in [0.3, 0.4) is 0 Å². The van der Waals surface area contributed by atoms with Gasteiger partial charge in [0.1, 0.15) is 11.5 Å². The predicted molar refractivity (Wildman–Crippen MR) is 65.3 cm³/mol. The highest BCUT2D eigenvalue weighted by Gasteiger charge is 2.32. The van der Waals surface area contributed by atoms with Crippen LogP contribution in [0.5, 0.6) is 0 Å². The van der Waals surface area contributed by atoms with Crippen LogP contribution in [0.1, 0.15) is 23.3 Å². The van der Waals surface area contributed by atoms with Crippen LogP contribution in [0.15, 0.2) is 23.0 Å². The molecule has 3 nitrogen and oxygen atoms in total. The van der Waals surface area contributed by atoms with Crippen LogP contribution in [0.25, 0.3) is 0 Å². The Bertz CT molecular complexity index is 583. The number of rotatable bonds is 0. The van der Waals surface area contributed by atoms with Crippen molar-refractivity contribution >= 4 is 27.8 Å². The molecule has 0 fully saturated rings. The standard InChI is InChI=1S/C12H12FN2OS/c1-7-4-8-6-14-10-5-9(13)2-3-11(10)15(16)12(8)17-7/h4-5,16H,2-3,6H2,1H3/q+1. The van der Waals surface area contributed by atoms with E-state index in [2.05, 4.69) is 4.99 Å². The van der Waals surface area contributed by atoms with Gasteiger partial charge in [0.15, 0.2) is 0 Å². The van der Waals surface area contributed by atoms with E-state index in [9.17, 15) is 9.60 Å². The van der Waals surface area contributed by atoms with Crippen LogP contribution in [-0.4, -0.2) is 21.4 Å². The summed E-state index contributed by atoms with van der Waals surface area (Å²) in [6.07, 6.45) is 2.25. The van der Waals surface area contributed by atoms with E-state index >= 15 is 0 Å². The van der Waals surface area contributed by atoms with Gasteiger partial charge in [0.2, 0.25) is 0 Å². The average Bonchev–Trinajstić information content (AvgIpc) is 2.62. The maximum atomic E-state index is 13.2. The fourth-order valence-electron chi connectivity index (χ4n) is 2.16. The molecule has 0 bridgehead atoms. The van der Waals surface area contributed by atoms with Crippen LogP contribution >= 0.6 is 11.3 Å². The topological polar surface area (TPSA) is 35.6 Å². The maximum absolute atomic E-state index is 13.2. The number of thiophene rings is 1. The van der Waals surface area contributed by atoms with Crippen LogP contribution in [0.2, 0.25) is 0 Å². The molecule has 2 heterocycles. The van der Waals surface area contributed by atoms with Gasteiger partial charge in [-0.05, 0) is 13.0 Å². The molecule has 0 atom stereocenters.